The van der Waals surface area contributed by atoms with Crippen LogP contribution in [0, 0.1) is 5.92 Å². The fourth-order valence-electron chi connectivity index (χ4n) is 4.69. The van der Waals surface area contributed by atoms with Crippen LogP contribution in [-0.4, -0.2) is 56.0 Å². The van der Waals surface area contributed by atoms with Crippen molar-refractivity contribution in [3.63, 3.8) is 0 Å². The second kappa shape index (κ2) is 6.72. The average Bonchev–Trinajstić information content (AvgIpc) is 3.46. The molecule has 28 heavy (non-hydrogen) atoms. The van der Waals surface area contributed by atoms with Gasteiger partial charge in [0.05, 0.1) is 11.3 Å². The van der Waals surface area contributed by atoms with E-state index in [4.69, 9.17) is 4.98 Å². The number of rotatable bonds is 3. The van der Waals surface area contributed by atoms with Gasteiger partial charge in [0.2, 0.25) is 5.91 Å². The van der Waals surface area contributed by atoms with Gasteiger partial charge in [-0.25, -0.2) is 9.50 Å². The minimum absolute atomic E-state index is 0.0262. The van der Waals surface area contributed by atoms with Crippen molar-refractivity contribution in [2.45, 2.75) is 64.5 Å². The van der Waals surface area contributed by atoms with Crippen LogP contribution in [0.3, 0.4) is 0 Å². The van der Waals surface area contributed by atoms with E-state index in [-0.39, 0.29) is 17.4 Å². The van der Waals surface area contributed by atoms with Gasteiger partial charge in [0, 0.05) is 62.2 Å². The van der Waals surface area contributed by atoms with Crippen LogP contribution < -0.4 is 5.56 Å². The van der Waals surface area contributed by atoms with E-state index >= 15 is 0 Å². The largest absolute Gasteiger partial charge is 0.342 e. The Kier molecular flexibility index (Phi) is 4.30. The number of carbonyl (C=O) groups is 1. The van der Waals surface area contributed by atoms with E-state index in [1.807, 2.05) is 11.0 Å². The molecule has 0 radical (unpaired) electrons. The Morgan fingerprint density at radius 3 is 2.82 bits per heavy atom. The number of carbonyl (C=O) groups excluding carboxylic acids is 1. The minimum atomic E-state index is 0.0262. The summed E-state index contributed by atoms with van der Waals surface area (Å²) in [6.45, 7) is 7.56. The second-order valence-corrected chi connectivity index (χ2v) is 8.96. The number of nitrogens with zero attached hydrogens (tertiary/aromatic N) is 4. The van der Waals surface area contributed by atoms with Crippen molar-refractivity contribution < 1.29 is 4.79 Å². The zero-order chi connectivity index (χ0) is 19.4. The maximum absolute atomic E-state index is 13.1. The van der Waals surface area contributed by atoms with Crippen molar-refractivity contribution in [1.29, 1.82) is 0 Å². The third-order valence-corrected chi connectivity index (χ3v) is 6.64. The predicted molar refractivity (Wildman–Crippen MR) is 106 cm³/mol. The van der Waals surface area contributed by atoms with Crippen LogP contribution in [0.25, 0.3) is 5.65 Å². The molecule has 4 heterocycles. The summed E-state index contributed by atoms with van der Waals surface area (Å²) in [5.41, 5.74) is 3.53. The molecule has 1 N–H and O–H groups in total. The van der Waals surface area contributed by atoms with E-state index in [1.165, 1.54) is 0 Å². The molecule has 0 spiro atoms. The molecular weight excluding hydrogens is 354 g/mol. The summed E-state index contributed by atoms with van der Waals surface area (Å²) in [5.74, 6) is 0.837. The Morgan fingerprint density at radius 1 is 1.25 bits per heavy atom. The van der Waals surface area contributed by atoms with Gasteiger partial charge in [0.15, 0.2) is 5.65 Å². The maximum Gasteiger partial charge on any atom is 0.277 e. The highest BCUT2D eigenvalue weighted by Gasteiger charge is 2.36. The molecule has 2 aromatic rings. The van der Waals surface area contributed by atoms with E-state index < -0.39 is 0 Å². The molecule has 0 aromatic carbocycles. The Hall–Kier alpha value is -2.15. The number of nitrogens with one attached hydrogen (secondary N) is 1. The van der Waals surface area contributed by atoms with Crippen LogP contribution in [0.5, 0.6) is 0 Å². The minimum Gasteiger partial charge on any atom is -0.342 e. The quantitative estimate of drug-likeness (QED) is 0.879. The molecule has 5 rings (SSSR count). The predicted octanol–water partition coefficient (Wildman–Crippen LogP) is 1.91. The summed E-state index contributed by atoms with van der Waals surface area (Å²) in [6.07, 6.45) is 4.97. The lowest BCUT2D eigenvalue weighted by Crippen LogP contribution is -2.40. The molecule has 2 fully saturated rings. The van der Waals surface area contributed by atoms with Gasteiger partial charge in [-0.15, -0.1) is 0 Å². The molecule has 2 aromatic heterocycles. The molecule has 1 aliphatic carbocycles. The standard InChI is InChI=1S/C21H29N5O2/c1-13(2)24-9-7-17-16(12-24)21(28)26-19(22-17)10-18(23-26)15-4-3-8-25(11-15)20(27)14-5-6-14/h10,13-15,23H,3-9,11-12H2,1-2H3/t15-/m1/s1. The van der Waals surface area contributed by atoms with Gasteiger partial charge in [0.1, 0.15) is 0 Å². The molecule has 1 amide bonds. The van der Waals surface area contributed by atoms with Crippen LogP contribution in [0.4, 0.5) is 0 Å². The topological polar surface area (TPSA) is 73.7 Å². The highest BCUT2D eigenvalue weighted by Crippen LogP contribution is 2.34. The summed E-state index contributed by atoms with van der Waals surface area (Å²) in [7, 11) is 0. The van der Waals surface area contributed by atoms with Crippen molar-refractivity contribution in [3.8, 4) is 0 Å². The van der Waals surface area contributed by atoms with Crippen molar-refractivity contribution in [1.82, 2.24) is 24.4 Å². The van der Waals surface area contributed by atoms with E-state index in [0.29, 0.717) is 24.1 Å². The lowest BCUT2D eigenvalue weighted by Gasteiger charge is -2.32. The summed E-state index contributed by atoms with van der Waals surface area (Å²) in [4.78, 5) is 34.7. The summed E-state index contributed by atoms with van der Waals surface area (Å²) in [6, 6.07) is 2.44. The van der Waals surface area contributed by atoms with Gasteiger partial charge in [-0.3, -0.25) is 19.6 Å². The van der Waals surface area contributed by atoms with E-state index in [0.717, 1.165) is 68.7 Å². The third kappa shape index (κ3) is 3.05. The number of hydrogen-bond donors (Lipinski definition) is 1. The van der Waals surface area contributed by atoms with Crippen LogP contribution in [0.15, 0.2) is 10.9 Å². The molecule has 0 bridgehead atoms. The van der Waals surface area contributed by atoms with Crippen LogP contribution in [-0.2, 0) is 17.8 Å². The number of piperidine rings is 1. The molecular formula is C21H29N5O2. The smallest absolute Gasteiger partial charge is 0.277 e. The summed E-state index contributed by atoms with van der Waals surface area (Å²) in [5, 5.41) is 3.32. The number of aromatic amines is 1. The van der Waals surface area contributed by atoms with Crippen molar-refractivity contribution in [2.75, 3.05) is 19.6 Å². The van der Waals surface area contributed by atoms with E-state index in [1.54, 1.807) is 4.52 Å². The number of likely N-dealkylation sites (tertiary alicyclic amines) is 1. The Balaban J connectivity index is 1.44. The first-order chi connectivity index (χ1) is 13.5. The second-order valence-electron chi connectivity index (χ2n) is 8.96. The Labute approximate surface area is 164 Å². The zero-order valence-electron chi connectivity index (χ0n) is 16.8. The normalized spacial score (nSPS) is 23.4. The molecule has 1 atom stereocenters. The number of fused-ring (bicyclic) bond motifs is 2. The summed E-state index contributed by atoms with van der Waals surface area (Å²) >= 11 is 0. The van der Waals surface area contributed by atoms with Crippen molar-refractivity contribution >= 4 is 11.6 Å². The first-order valence-corrected chi connectivity index (χ1v) is 10.7. The number of aromatic nitrogens is 3. The lowest BCUT2D eigenvalue weighted by molar-refractivity contribution is -0.133. The molecule has 1 saturated carbocycles. The van der Waals surface area contributed by atoms with Gasteiger partial charge in [-0.05, 0) is 39.5 Å². The van der Waals surface area contributed by atoms with Crippen molar-refractivity contribution in [2.24, 2.45) is 5.92 Å². The van der Waals surface area contributed by atoms with Gasteiger partial charge >= 0.3 is 0 Å². The van der Waals surface area contributed by atoms with Crippen LogP contribution in [0.1, 0.15) is 62.4 Å². The Bertz CT molecular complexity index is 971. The molecule has 1 saturated heterocycles. The highest BCUT2D eigenvalue weighted by molar-refractivity contribution is 5.81. The number of H-pyrrole nitrogens is 1. The first kappa shape index (κ1) is 17.9. The Morgan fingerprint density at radius 2 is 2.07 bits per heavy atom. The van der Waals surface area contributed by atoms with E-state index in [2.05, 4.69) is 23.8 Å². The zero-order valence-corrected chi connectivity index (χ0v) is 16.8. The van der Waals surface area contributed by atoms with Crippen LogP contribution >= 0.6 is 0 Å². The fraction of sp³-hybridized carbons (Fsp3) is 0.667. The monoisotopic (exact) mass is 383 g/mol. The molecule has 7 nitrogen and oxygen atoms in total. The number of hydrogen-bond acceptors (Lipinski definition) is 4. The summed E-state index contributed by atoms with van der Waals surface area (Å²) < 4.78 is 1.61. The van der Waals surface area contributed by atoms with Gasteiger partial charge < -0.3 is 4.90 Å². The maximum atomic E-state index is 13.1. The average molecular weight is 383 g/mol. The highest BCUT2D eigenvalue weighted by atomic mass is 16.2. The molecule has 7 heteroatoms. The number of amides is 1. The van der Waals surface area contributed by atoms with E-state index in [9.17, 15) is 9.59 Å². The van der Waals surface area contributed by atoms with Gasteiger partial charge in [-0.1, -0.05) is 0 Å². The molecule has 150 valence electrons. The first-order valence-electron chi connectivity index (χ1n) is 10.7. The fourth-order valence-corrected chi connectivity index (χ4v) is 4.69. The van der Waals surface area contributed by atoms with Crippen LogP contribution in [0.2, 0.25) is 0 Å². The molecule has 3 aliphatic rings. The molecule has 2 aliphatic heterocycles. The molecule has 0 unspecified atom stereocenters. The van der Waals surface area contributed by atoms with Crippen molar-refractivity contribution in [3.05, 3.63) is 33.4 Å². The lowest BCUT2D eigenvalue weighted by atomic mass is 9.94. The third-order valence-electron chi connectivity index (χ3n) is 6.64. The van der Waals surface area contributed by atoms with Gasteiger partial charge in [-0.2, -0.15) is 0 Å². The SMILES string of the molecule is CC(C)N1CCc2nc3cc([C@@H]4CCCN(C(=O)C5CC5)C4)[nH]n3c(=O)c2C1. The van der Waals surface area contributed by atoms with Gasteiger partial charge in [0.25, 0.3) is 5.56 Å².